The molecule has 96 valence electrons. The molecule has 1 aromatic heterocycles. The number of anilines is 1. The summed E-state index contributed by atoms with van der Waals surface area (Å²) in [4.78, 5) is 0. The van der Waals surface area contributed by atoms with Gasteiger partial charge in [-0.05, 0) is 25.1 Å². The third-order valence-electron chi connectivity index (χ3n) is 2.48. The van der Waals surface area contributed by atoms with Gasteiger partial charge in [0.05, 0.1) is 18.5 Å². The smallest absolute Gasteiger partial charge is 0.142 e. The molecule has 0 saturated carbocycles. The second-order valence-corrected chi connectivity index (χ2v) is 4.39. The Balaban J connectivity index is 2.09. The summed E-state index contributed by atoms with van der Waals surface area (Å²) < 4.78 is 7.32. The summed E-state index contributed by atoms with van der Waals surface area (Å²) in [6.45, 7) is 3.27. The van der Waals surface area contributed by atoms with E-state index in [2.05, 4.69) is 10.4 Å². The van der Waals surface area contributed by atoms with Crippen molar-refractivity contribution in [3.63, 3.8) is 0 Å². The van der Waals surface area contributed by atoms with Crippen LogP contribution < -0.4 is 10.1 Å². The zero-order valence-electron chi connectivity index (χ0n) is 10.5. The molecule has 0 aliphatic heterocycles. The zero-order chi connectivity index (χ0) is 13.0. The van der Waals surface area contributed by atoms with Gasteiger partial charge in [0.25, 0.3) is 0 Å². The predicted molar refractivity (Wildman–Crippen MR) is 73.2 cm³/mol. The van der Waals surface area contributed by atoms with Gasteiger partial charge in [-0.25, -0.2) is 0 Å². The van der Waals surface area contributed by atoms with Gasteiger partial charge in [-0.15, -0.1) is 0 Å². The number of rotatable bonds is 5. The van der Waals surface area contributed by atoms with Crippen LogP contribution in [0.25, 0.3) is 0 Å². The summed E-state index contributed by atoms with van der Waals surface area (Å²) in [6, 6.07) is 5.56. The molecule has 0 radical (unpaired) electrons. The SMILES string of the molecule is CCOc1ccc(Cl)cc1NCc1cnn(C)c1. The van der Waals surface area contributed by atoms with Crippen molar-refractivity contribution in [2.45, 2.75) is 13.5 Å². The summed E-state index contributed by atoms with van der Waals surface area (Å²) in [5.41, 5.74) is 2.01. The predicted octanol–water partition coefficient (Wildman–Crippen LogP) is 3.08. The van der Waals surface area contributed by atoms with E-state index in [0.29, 0.717) is 18.2 Å². The van der Waals surface area contributed by atoms with Crippen LogP contribution in [0, 0.1) is 0 Å². The van der Waals surface area contributed by atoms with Crippen molar-refractivity contribution in [3.8, 4) is 5.75 Å². The largest absolute Gasteiger partial charge is 0.492 e. The summed E-state index contributed by atoms with van der Waals surface area (Å²) in [5.74, 6) is 0.811. The van der Waals surface area contributed by atoms with Gasteiger partial charge >= 0.3 is 0 Å². The van der Waals surface area contributed by atoms with Crippen LogP contribution in [-0.2, 0) is 13.6 Å². The number of halogens is 1. The first kappa shape index (κ1) is 12.8. The lowest BCUT2D eigenvalue weighted by Gasteiger charge is -2.12. The zero-order valence-corrected chi connectivity index (χ0v) is 11.2. The monoisotopic (exact) mass is 265 g/mol. The topological polar surface area (TPSA) is 39.1 Å². The maximum atomic E-state index is 5.99. The van der Waals surface area contributed by atoms with Gasteiger partial charge in [-0.1, -0.05) is 11.6 Å². The Morgan fingerprint density at radius 2 is 2.28 bits per heavy atom. The van der Waals surface area contributed by atoms with Gasteiger partial charge in [0.2, 0.25) is 0 Å². The fourth-order valence-corrected chi connectivity index (χ4v) is 1.85. The maximum Gasteiger partial charge on any atom is 0.142 e. The van der Waals surface area contributed by atoms with Crippen molar-refractivity contribution >= 4 is 17.3 Å². The molecule has 0 atom stereocenters. The number of benzene rings is 1. The van der Waals surface area contributed by atoms with Crippen LogP contribution in [0.2, 0.25) is 5.02 Å². The van der Waals surface area contributed by atoms with Gasteiger partial charge in [0.1, 0.15) is 5.75 Å². The lowest BCUT2D eigenvalue weighted by Crippen LogP contribution is -2.02. The van der Waals surface area contributed by atoms with E-state index in [-0.39, 0.29) is 0 Å². The maximum absolute atomic E-state index is 5.99. The lowest BCUT2D eigenvalue weighted by atomic mass is 10.2. The van der Waals surface area contributed by atoms with Crippen LogP contribution in [0.4, 0.5) is 5.69 Å². The molecule has 1 heterocycles. The number of hydrogen-bond acceptors (Lipinski definition) is 3. The molecule has 0 saturated heterocycles. The van der Waals surface area contributed by atoms with Crippen molar-refractivity contribution in [1.82, 2.24) is 9.78 Å². The van der Waals surface area contributed by atoms with Gasteiger partial charge in [0.15, 0.2) is 0 Å². The van der Waals surface area contributed by atoms with Crippen LogP contribution in [-0.4, -0.2) is 16.4 Å². The molecule has 4 nitrogen and oxygen atoms in total. The molecule has 0 spiro atoms. The first-order valence-electron chi connectivity index (χ1n) is 5.82. The average molecular weight is 266 g/mol. The highest BCUT2D eigenvalue weighted by atomic mass is 35.5. The van der Waals surface area contributed by atoms with Crippen molar-refractivity contribution in [2.24, 2.45) is 7.05 Å². The molecule has 18 heavy (non-hydrogen) atoms. The molecule has 1 aromatic carbocycles. The van der Waals surface area contributed by atoms with Crippen LogP contribution in [0.3, 0.4) is 0 Å². The van der Waals surface area contributed by atoms with E-state index in [9.17, 15) is 0 Å². The quantitative estimate of drug-likeness (QED) is 0.903. The molecule has 1 N–H and O–H groups in total. The standard InChI is InChI=1S/C13H16ClN3O/c1-3-18-13-5-4-11(14)6-12(13)15-7-10-8-16-17(2)9-10/h4-6,8-9,15H,3,7H2,1-2H3. The highest BCUT2D eigenvalue weighted by Gasteiger charge is 2.04. The van der Waals surface area contributed by atoms with Gasteiger partial charge in [0, 0.05) is 30.4 Å². The molecule has 0 fully saturated rings. The van der Waals surface area contributed by atoms with Crippen LogP contribution in [0.1, 0.15) is 12.5 Å². The lowest BCUT2D eigenvalue weighted by molar-refractivity contribution is 0.341. The molecular weight excluding hydrogens is 250 g/mol. The molecule has 0 aliphatic carbocycles. The van der Waals surface area contributed by atoms with E-state index in [1.165, 1.54) is 0 Å². The highest BCUT2D eigenvalue weighted by molar-refractivity contribution is 6.30. The Morgan fingerprint density at radius 1 is 1.44 bits per heavy atom. The van der Waals surface area contributed by atoms with Crippen molar-refractivity contribution < 1.29 is 4.74 Å². The van der Waals surface area contributed by atoms with E-state index < -0.39 is 0 Å². The average Bonchev–Trinajstić information content (AvgIpc) is 2.76. The van der Waals surface area contributed by atoms with Crippen molar-refractivity contribution in [1.29, 1.82) is 0 Å². The number of aryl methyl sites for hydroxylation is 1. The van der Waals surface area contributed by atoms with Crippen molar-refractivity contribution in [3.05, 3.63) is 41.2 Å². The second kappa shape index (κ2) is 5.78. The third kappa shape index (κ3) is 3.17. The van der Waals surface area contributed by atoms with Crippen LogP contribution in [0.15, 0.2) is 30.6 Å². The minimum atomic E-state index is 0.628. The normalized spacial score (nSPS) is 10.4. The first-order chi connectivity index (χ1) is 8.69. The molecule has 5 heteroatoms. The van der Waals surface area contributed by atoms with E-state index in [0.717, 1.165) is 17.0 Å². The number of aromatic nitrogens is 2. The van der Waals surface area contributed by atoms with E-state index >= 15 is 0 Å². The molecule has 2 rings (SSSR count). The first-order valence-corrected chi connectivity index (χ1v) is 6.20. The van der Waals surface area contributed by atoms with E-state index in [1.54, 1.807) is 4.68 Å². The summed E-state index contributed by atoms with van der Waals surface area (Å²) in [7, 11) is 1.90. The number of nitrogens with one attached hydrogen (secondary N) is 1. The Morgan fingerprint density at radius 3 is 2.94 bits per heavy atom. The highest BCUT2D eigenvalue weighted by Crippen LogP contribution is 2.28. The second-order valence-electron chi connectivity index (χ2n) is 3.95. The van der Waals surface area contributed by atoms with Gasteiger partial charge in [-0.2, -0.15) is 5.10 Å². The van der Waals surface area contributed by atoms with Gasteiger partial charge < -0.3 is 10.1 Å². The molecule has 0 aliphatic rings. The minimum Gasteiger partial charge on any atom is -0.492 e. The molecule has 0 amide bonds. The Hall–Kier alpha value is -1.68. The summed E-state index contributed by atoms with van der Waals surface area (Å²) in [6.07, 6.45) is 3.80. The summed E-state index contributed by atoms with van der Waals surface area (Å²) >= 11 is 5.99. The van der Waals surface area contributed by atoms with E-state index in [4.69, 9.17) is 16.3 Å². The number of hydrogen-bond donors (Lipinski definition) is 1. The molecular formula is C13H16ClN3O. The minimum absolute atomic E-state index is 0.628. The Bertz CT molecular complexity index is 525. The molecule has 2 aromatic rings. The van der Waals surface area contributed by atoms with Crippen LogP contribution in [0.5, 0.6) is 5.75 Å². The summed E-state index contributed by atoms with van der Waals surface area (Å²) in [5, 5.41) is 8.12. The van der Waals surface area contributed by atoms with E-state index in [1.807, 2.05) is 44.6 Å². The molecule has 0 unspecified atom stereocenters. The fraction of sp³-hybridized carbons (Fsp3) is 0.308. The third-order valence-corrected chi connectivity index (χ3v) is 2.72. The fourth-order valence-electron chi connectivity index (χ4n) is 1.68. The number of nitrogens with zero attached hydrogens (tertiary/aromatic N) is 2. The van der Waals surface area contributed by atoms with Crippen LogP contribution >= 0.6 is 11.6 Å². The number of ether oxygens (including phenoxy) is 1. The molecule has 0 bridgehead atoms. The Labute approximate surface area is 112 Å². The van der Waals surface area contributed by atoms with Gasteiger partial charge in [-0.3, -0.25) is 4.68 Å². The Kier molecular flexibility index (Phi) is 4.10. The van der Waals surface area contributed by atoms with Crippen molar-refractivity contribution in [2.75, 3.05) is 11.9 Å².